The molecule has 1 unspecified atom stereocenters. The van der Waals surface area contributed by atoms with Gasteiger partial charge in [-0.2, -0.15) is 0 Å². The summed E-state index contributed by atoms with van der Waals surface area (Å²) in [6, 6.07) is 5.23. The summed E-state index contributed by atoms with van der Waals surface area (Å²) in [5, 5.41) is 12.3. The second kappa shape index (κ2) is 6.26. The Kier molecular flexibility index (Phi) is 5.20. The molecule has 4 nitrogen and oxygen atoms in total. The van der Waals surface area contributed by atoms with Crippen molar-refractivity contribution in [2.24, 2.45) is 0 Å². The minimum Gasteiger partial charge on any atom is -0.444 e. The van der Waals surface area contributed by atoms with E-state index in [2.05, 4.69) is 5.32 Å². The molecule has 0 aromatic heterocycles. The molecule has 106 valence electrons. The number of ether oxygens (including phenoxy) is 1. The van der Waals surface area contributed by atoms with Gasteiger partial charge in [-0.05, 0) is 51.8 Å². The fourth-order valence-corrected chi connectivity index (χ4v) is 1.79. The molecule has 0 aliphatic heterocycles. The molecule has 0 spiro atoms. The van der Waals surface area contributed by atoms with Gasteiger partial charge in [0, 0.05) is 0 Å². The third kappa shape index (κ3) is 5.94. The summed E-state index contributed by atoms with van der Waals surface area (Å²) in [5.41, 5.74) is 0.850. The van der Waals surface area contributed by atoms with Crippen LogP contribution in [-0.4, -0.2) is 22.9 Å². The lowest BCUT2D eigenvalue weighted by Gasteiger charge is -2.20. The number of aliphatic hydroxyl groups excluding tert-OH is 1. The largest absolute Gasteiger partial charge is 0.444 e. The standard InChI is InChI=1S/C14H20ClNO3/c1-9(17)7-10-5-6-12(11(15)8-10)16-13(18)19-14(2,3)4/h5-6,8-9,17H,7H2,1-4H3,(H,16,18). The van der Waals surface area contributed by atoms with Gasteiger partial charge in [0.2, 0.25) is 0 Å². The summed E-state index contributed by atoms with van der Waals surface area (Å²) in [6.07, 6.45) is -0.453. The van der Waals surface area contributed by atoms with Gasteiger partial charge in [0.1, 0.15) is 5.60 Å². The van der Waals surface area contributed by atoms with Crippen molar-refractivity contribution in [2.75, 3.05) is 5.32 Å². The quantitative estimate of drug-likeness (QED) is 0.892. The lowest BCUT2D eigenvalue weighted by Crippen LogP contribution is -2.27. The van der Waals surface area contributed by atoms with E-state index in [9.17, 15) is 9.90 Å². The summed E-state index contributed by atoms with van der Waals surface area (Å²) in [4.78, 5) is 11.6. The van der Waals surface area contributed by atoms with Crippen LogP contribution in [0.1, 0.15) is 33.3 Å². The van der Waals surface area contributed by atoms with Crippen molar-refractivity contribution in [2.45, 2.75) is 45.8 Å². The number of amides is 1. The minimum absolute atomic E-state index is 0.420. The summed E-state index contributed by atoms with van der Waals surface area (Å²) in [6.45, 7) is 7.08. The Morgan fingerprint density at radius 1 is 1.47 bits per heavy atom. The van der Waals surface area contributed by atoms with Crippen molar-refractivity contribution >= 4 is 23.4 Å². The normalized spacial score (nSPS) is 12.9. The van der Waals surface area contributed by atoms with E-state index >= 15 is 0 Å². The summed E-state index contributed by atoms with van der Waals surface area (Å²) in [7, 11) is 0. The van der Waals surface area contributed by atoms with E-state index in [-0.39, 0.29) is 0 Å². The average Bonchev–Trinajstić information content (AvgIpc) is 2.18. The Morgan fingerprint density at radius 2 is 2.11 bits per heavy atom. The second-order valence-corrected chi connectivity index (χ2v) is 5.90. The van der Waals surface area contributed by atoms with Gasteiger partial charge < -0.3 is 9.84 Å². The van der Waals surface area contributed by atoms with Crippen LogP contribution >= 0.6 is 11.6 Å². The maximum atomic E-state index is 11.6. The Morgan fingerprint density at radius 3 is 2.58 bits per heavy atom. The van der Waals surface area contributed by atoms with Crippen LogP contribution in [0, 0.1) is 0 Å². The van der Waals surface area contributed by atoms with Gasteiger partial charge in [0.15, 0.2) is 0 Å². The zero-order valence-electron chi connectivity index (χ0n) is 11.7. The van der Waals surface area contributed by atoms with Gasteiger partial charge in [-0.3, -0.25) is 5.32 Å². The van der Waals surface area contributed by atoms with Crippen LogP contribution in [0.3, 0.4) is 0 Å². The highest BCUT2D eigenvalue weighted by atomic mass is 35.5. The molecule has 0 saturated carbocycles. The predicted octanol–water partition coefficient (Wildman–Crippen LogP) is 3.61. The molecule has 0 bridgehead atoms. The van der Waals surface area contributed by atoms with E-state index in [4.69, 9.17) is 16.3 Å². The topological polar surface area (TPSA) is 58.6 Å². The zero-order chi connectivity index (χ0) is 14.6. The number of hydrogen-bond acceptors (Lipinski definition) is 3. The fraction of sp³-hybridized carbons (Fsp3) is 0.500. The molecule has 19 heavy (non-hydrogen) atoms. The van der Waals surface area contributed by atoms with Crippen molar-refractivity contribution in [1.82, 2.24) is 0 Å². The number of carbonyl (C=O) groups is 1. The number of nitrogens with one attached hydrogen (secondary N) is 1. The molecule has 1 aromatic carbocycles. The number of carbonyl (C=O) groups excluding carboxylic acids is 1. The molecule has 0 aliphatic carbocycles. The first-order valence-electron chi connectivity index (χ1n) is 6.14. The maximum absolute atomic E-state index is 11.6. The van der Waals surface area contributed by atoms with E-state index in [1.807, 2.05) is 6.07 Å². The van der Waals surface area contributed by atoms with Crippen molar-refractivity contribution in [3.63, 3.8) is 0 Å². The highest BCUT2D eigenvalue weighted by molar-refractivity contribution is 6.33. The van der Waals surface area contributed by atoms with Gasteiger partial charge >= 0.3 is 6.09 Å². The molecule has 1 aromatic rings. The second-order valence-electron chi connectivity index (χ2n) is 5.49. The number of halogens is 1. The Hall–Kier alpha value is -1.26. The SMILES string of the molecule is CC(O)Cc1ccc(NC(=O)OC(C)(C)C)c(Cl)c1. The molecule has 0 heterocycles. The molecule has 0 radical (unpaired) electrons. The smallest absolute Gasteiger partial charge is 0.412 e. The van der Waals surface area contributed by atoms with Crippen molar-refractivity contribution < 1.29 is 14.6 Å². The summed E-state index contributed by atoms with van der Waals surface area (Å²) in [5.74, 6) is 0. The lowest BCUT2D eigenvalue weighted by atomic mass is 10.1. The van der Waals surface area contributed by atoms with Gasteiger partial charge in [-0.1, -0.05) is 17.7 Å². The van der Waals surface area contributed by atoms with Crippen molar-refractivity contribution in [3.8, 4) is 0 Å². The van der Waals surface area contributed by atoms with E-state index < -0.39 is 17.8 Å². The highest BCUT2D eigenvalue weighted by Gasteiger charge is 2.17. The van der Waals surface area contributed by atoms with E-state index in [1.165, 1.54) is 0 Å². The number of anilines is 1. The van der Waals surface area contributed by atoms with Crippen LogP contribution in [0.15, 0.2) is 18.2 Å². The van der Waals surface area contributed by atoms with Gasteiger partial charge in [-0.25, -0.2) is 4.79 Å². The summed E-state index contributed by atoms with van der Waals surface area (Å²) >= 11 is 6.08. The number of rotatable bonds is 3. The highest BCUT2D eigenvalue weighted by Crippen LogP contribution is 2.24. The number of benzene rings is 1. The maximum Gasteiger partial charge on any atom is 0.412 e. The third-order valence-corrected chi connectivity index (χ3v) is 2.51. The van der Waals surface area contributed by atoms with E-state index in [0.717, 1.165) is 5.56 Å². The van der Waals surface area contributed by atoms with Crippen molar-refractivity contribution in [3.05, 3.63) is 28.8 Å². The molecular formula is C14H20ClNO3. The van der Waals surface area contributed by atoms with Crippen LogP contribution in [0.5, 0.6) is 0 Å². The molecule has 5 heteroatoms. The average molecular weight is 286 g/mol. The van der Waals surface area contributed by atoms with Crippen LogP contribution in [0.25, 0.3) is 0 Å². The fourth-order valence-electron chi connectivity index (χ4n) is 1.54. The van der Waals surface area contributed by atoms with Crippen LogP contribution in [-0.2, 0) is 11.2 Å². The number of aliphatic hydroxyl groups is 1. The first-order chi connectivity index (χ1) is 8.67. The van der Waals surface area contributed by atoms with E-state index in [0.29, 0.717) is 17.1 Å². The first-order valence-corrected chi connectivity index (χ1v) is 6.51. The van der Waals surface area contributed by atoms with Gasteiger partial charge in [0.05, 0.1) is 16.8 Å². The molecule has 0 aliphatic rings. The summed E-state index contributed by atoms with van der Waals surface area (Å²) < 4.78 is 5.14. The van der Waals surface area contributed by atoms with Crippen LogP contribution < -0.4 is 5.32 Å². The molecule has 1 atom stereocenters. The van der Waals surface area contributed by atoms with E-state index in [1.54, 1.807) is 39.8 Å². The Labute approximate surface area is 118 Å². The monoisotopic (exact) mass is 285 g/mol. The minimum atomic E-state index is -0.553. The Bertz CT molecular complexity index is 452. The Balaban J connectivity index is 2.72. The molecule has 1 amide bonds. The molecule has 2 N–H and O–H groups in total. The third-order valence-electron chi connectivity index (χ3n) is 2.20. The molecule has 0 saturated heterocycles. The predicted molar refractivity (Wildman–Crippen MR) is 76.7 cm³/mol. The van der Waals surface area contributed by atoms with Crippen LogP contribution in [0.4, 0.5) is 10.5 Å². The molecular weight excluding hydrogens is 266 g/mol. The first kappa shape index (κ1) is 15.8. The lowest BCUT2D eigenvalue weighted by molar-refractivity contribution is 0.0636. The number of hydrogen-bond donors (Lipinski definition) is 2. The molecule has 1 rings (SSSR count). The van der Waals surface area contributed by atoms with Gasteiger partial charge in [0.25, 0.3) is 0 Å². The zero-order valence-corrected chi connectivity index (χ0v) is 12.4. The van der Waals surface area contributed by atoms with Gasteiger partial charge in [-0.15, -0.1) is 0 Å². The van der Waals surface area contributed by atoms with Crippen molar-refractivity contribution in [1.29, 1.82) is 0 Å². The molecule has 0 fully saturated rings. The van der Waals surface area contributed by atoms with Crippen LogP contribution in [0.2, 0.25) is 5.02 Å².